The molecule has 0 spiro atoms. The van der Waals surface area contributed by atoms with Gasteiger partial charge < -0.3 is 10.2 Å². The summed E-state index contributed by atoms with van der Waals surface area (Å²) in [7, 11) is 0. The van der Waals surface area contributed by atoms with Crippen molar-refractivity contribution in [1.82, 2.24) is 25.3 Å². The Morgan fingerprint density at radius 2 is 1.76 bits per heavy atom. The minimum atomic E-state index is 0.619. The number of fused-ring (bicyclic) bond motifs is 1. The van der Waals surface area contributed by atoms with Gasteiger partial charge in [-0.3, -0.25) is 9.97 Å². The van der Waals surface area contributed by atoms with Gasteiger partial charge in [0.05, 0.1) is 11.7 Å². The molecule has 0 unspecified atom stereocenters. The smallest absolute Gasteiger partial charge is 0.162 e. The first-order valence-electron chi connectivity index (χ1n) is 8.92. The summed E-state index contributed by atoms with van der Waals surface area (Å²) in [5.74, 6) is 2.43. The third-order valence-electron chi connectivity index (χ3n) is 4.99. The van der Waals surface area contributed by atoms with Crippen LogP contribution in [-0.2, 0) is 0 Å². The predicted molar refractivity (Wildman–Crippen MR) is 97.6 cm³/mol. The van der Waals surface area contributed by atoms with E-state index in [0.717, 1.165) is 48.9 Å². The van der Waals surface area contributed by atoms with Crippen molar-refractivity contribution in [3.63, 3.8) is 0 Å². The number of pyridine rings is 2. The molecule has 0 bridgehead atoms. The monoisotopic (exact) mass is 332 g/mol. The van der Waals surface area contributed by atoms with Gasteiger partial charge in [0.25, 0.3) is 0 Å². The number of anilines is 1. The highest BCUT2D eigenvalue weighted by atomic mass is 15.2. The molecular formula is C19H20N6. The van der Waals surface area contributed by atoms with Crippen molar-refractivity contribution in [1.29, 1.82) is 0 Å². The second-order valence-corrected chi connectivity index (χ2v) is 6.74. The summed E-state index contributed by atoms with van der Waals surface area (Å²) in [5, 5.41) is 4.61. The van der Waals surface area contributed by atoms with Gasteiger partial charge in [-0.2, -0.15) is 0 Å². The van der Waals surface area contributed by atoms with Crippen LogP contribution in [0, 0.1) is 0 Å². The SMILES string of the molecule is c1cc(-c2nc(N3CCNCC3)c3c(C4CC4)cncc3n2)ccn1. The van der Waals surface area contributed by atoms with Crippen molar-refractivity contribution in [2.75, 3.05) is 31.1 Å². The summed E-state index contributed by atoms with van der Waals surface area (Å²) in [6, 6.07) is 3.92. The van der Waals surface area contributed by atoms with Crippen molar-refractivity contribution in [3.05, 3.63) is 42.5 Å². The van der Waals surface area contributed by atoms with E-state index >= 15 is 0 Å². The van der Waals surface area contributed by atoms with Crippen LogP contribution in [0.2, 0.25) is 0 Å². The highest BCUT2D eigenvalue weighted by Gasteiger charge is 2.29. The average molecular weight is 332 g/mol. The van der Waals surface area contributed by atoms with E-state index < -0.39 is 0 Å². The maximum absolute atomic E-state index is 5.00. The number of piperazine rings is 1. The molecule has 2 aliphatic rings. The van der Waals surface area contributed by atoms with Gasteiger partial charge in [-0.15, -0.1) is 0 Å². The van der Waals surface area contributed by atoms with Gasteiger partial charge in [0.1, 0.15) is 5.82 Å². The van der Waals surface area contributed by atoms with Gasteiger partial charge in [-0.25, -0.2) is 9.97 Å². The molecule has 126 valence electrons. The van der Waals surface area contributed by atoms with Crippen LogP contribution in [0.15, 0.2) is 36.9 Å². The Kier molecular flexibility index (Phi) is 3.56. The molecule has 6 nitrogen and oxygen atoms in total. The normalized spacial score (nSPS) is 17.8. The van der Waals surface area contributed by atoms with E-state index in [0.29, 0.717) is 5.92 Å². The van der Waals surface area contributed by atoms with Crippen LogP contribution in [0.4, 0.5) is 5.82 Å². The first-order valence-corrected chi connectivity index (χ1v) is 8.92. The molecule has 25 heavy (non-hydrogen) atoms. The zero-order chi connectivity index (χ0) is 16.6. The summed E-state index contributed by atoms with van der Waals surface area (Å²) in [6.07, 6.45) is 9.95. The molecule has 3 aromatic rings. The standard InChI is InChI=1S/C19H20N6/c1-2-13(1)15-11-22-12-16-17(15)19(25-9-7-21-8-10-25)24-18(23-16)14-3-5-20-6-4-14/h3-6,11-13,21H,1-2,7-10H2. The summed E-state index contributed by atoms with van der Waals surface area (Å²) >= 11 is 0. The summed E-state index contributed by atoms with van der Waals surface area (Å²) < 4.78 is 0. The Morgan fingerprint density at radius 1 is 0.960 bits per heavy atom. The zero-order valence-corrected chi connectivity index (χ0v) is 14.0. The highest BCUT2D eigenvalue weighted by Crippen LogP contribution is 2.44. The molecule has 3 aromatic heterocycles. The van der Waals surface area contributed by atoms with Crippen LogP contribution in [0.1, 0.15) is 24.3 Å². The molecule has 0 radical (unpaired) electrons. The second kappa shape index (κ2) is 6.04. The lowest BCUT2D eigenvalue weighted by atomic mass is 10.1. The van der Waals surface area contributed by atoms with Crippen molar-refractivity contribution < 1.29 is 0 Å². The van der Waals surface area contributed by atoms with E-state index in [-0.39, 0.29) is 0 Å². The molecular weight excluding hydrogens is 312 g/mol. The van der Waals surface area contributed by atoms with Crippen LogP contribution in [0.3, 0.4) is 0 Å². The second-order valence-electron chi connectivity index (χ2n) is 6.74. The third kappa shape index (κ3) is 2.72. The minimum Gasteiger partial charge on any atom is -0.353 e. The lowest BCUT2D eigenvalue weighted by molar-refractivity contribution is 0.586. The molecule has 0 atom stereocenters. The number of rotatable bonds is 3. The number of aromatic nitrogens is 4. The predicted octanol–water partition coefficient (Wildman–Crippen LogP) is 2.37. The summed E-state index contributed by atoms with van der Waals surface area (Å²) in [4.78, 5) is 20.8. The van der Waals surface area contributed by atoms with Crippen LogP contribution in [-0.4, -0.2) is 46.1 Å². The van der Waals surface area contributed by atoms with Crippen molar-refractivity contribution >= 4 is 16.7 Å². The van der Waals surface area contributed by atoms with E-state index in [1.165, 1.54) is 23.8 Å². The van der Waals surface area contributed by atoms with Gasteiger partial charge in [0.15, 0.2) is 5.82 Å². The largest absolute Gasteiger partial charge is 0.353 e. The average Bonchev–Trinajstić information content (AvgIpc) is 3.53. The fourth-order valence-corrected chi connectivity index (χ4v) is 3.53. The number of nitrogens with zero attached hydrogens (tertiary/aromatic N) is 5. The molecule has 1 aliphatic carbocycles. The molecule has 2 fully saturated rings. The van der Waals surface area contributed by atoms with Crippen LogP contribution >= 0.6 is 0 Å². The van der Waals surface area contributed by atoms with Crippen molar-refractivity contribution in [2.45, 2.75) is 18.8 Å². The Balaban J connectivity index is 1.74. The molecule has 0 amide bonds. The fourth-order valence-electron chi connectivity index (χ4n) is 3.53. The number of hydrogen-bond donors (Lipinski definition) is 1. The molecule has 1 N–H and O–H groups in total. The summed E-state index contributed by atoms with van der Waals surface area (Å²) in [6.45, 7) is 3.91. The first-order chi connectivity index (χ1) is 12.4. The molecule has 1 aliphatic heterocycles. The van der Waals surface area contributed by atoms with E-state index in [2.05, 4.69) is 20.2 Å². The Morgan fingerprint density at radius 3 is 2.52 bits per heavy atom. The molecule has 6 heteroatoms. The van der Waals surface area contributed by atoms with Crippen LogP contribution in [0.5, 0.6) is 0 Å². The molecule has 5 rings (SSSR count). The van der Waals surface area contributed by atoms with E-state index in [4.69, 9.17) is 9.97 Å². The van der Waals surface area contributed by atoms with E-state index in [1.54, 1.807) is 12.4 Å². The molecule has 1 saturated carbocycles. The molecule has 1 saturated heterocycles. The fraction of sp³-hybridized carbons (Fsp3) is 0.368. The van der Waals surface area contributed by atoms with Gasteiger partial charge in [-0.1, -0.05) is 0 Å². The molecule has 0 aromatic carbocycles. The number of hydrogen-bond acceptors (Lipinski definition) is 6. The minimum absolute atomic E-state index is 0.619. The Bertz CT molecular complexity index is 900. The van der Waals surface area contributed by atoms with Crippen LogP contribution in [0.25, 0.3) is 22.3 Å². The maximum atomic E-state index is 5.00. The van der Waals surface area contributed by atoms with Gasteiger partial charge in [0.2, 0.25) is 0 Å². The van der Waals surface area contributed by atoms with E-state index in [1.807, 2.05) is 24.5 Å². The van der Waals surface area contributed by atoms with Crippen molar-refractivity contribution in [2.24, 2.45) is 0 Å². The van der Waals surface area contributed by atoms with Crippen molar-refractivity contribution in [3.8, 4) is 11.4 Å². The lowest BCUT2D eigenvalue weighted by Gasteiger charge is -2.30. The Hall–Kier alpha value is -2.60. The van der Waals surface area contributed by atoms with Gasteiger partial charge >= 0.3 is 0 Å². The van der Waals surface area contributed by atoms with E-state index in [9.17, 15) is 0 Å². The topological polar surface area (TPSA) is 66.8 Å². The first kappa shape index (κ1) is 14.7. The lowest BCUT2D eigenvalue weighted by Crippen LogP contribution is -2.44. The van der Waals surface area contributed by atoms with Gasteiger partial charge in [0, 0.05) is 55.7 Å². The molecule has 4 heterocycles. The quantitative estimate of drug-likeness (QED) is 0.794. The zero-order valence-electron chi connectivity index (χ0n) is 14.0. The maximum Gasteiger partial charge on any atom is 0.162 e. The third-order valence-corrected chi connectivity index (χ3v) is 4.99. The van der Waals surface area contributed by atoms with Crippen LogP contribution < -0.4 is 10.2 Å². The highest BCUT2D eigenvalue weighted by molar-refractivity contribution is 5.94. The number of nitrogens with one attached hydrogen (secondary N) is 1. The Labute approximate surface area is 146 Å². The van der Waals surface area contributed by atoms with Gasteiger partial charge in [-0.05, 0) is 36.5 Å². The summed E-state index contributed by atoms with van der Waals surface area (Å²) in [5.41, 5.74) is 3.25.